The number of nitrogens with two attached hydrogens (primary N) is 1. The summed E-state index contributed by atoms with van der Waals surface area (Å²) in [7, 11) is 0. The third-order valence-electron chi connectivity index (χ3n) is 1.92. The zero-order chi connectivity index (χ0) is 10.4. The van der Waals surface area contributed by atoms with Crippen molar-refractivity contribution in [2.45, 2.75) is 12.6 Å². The van der Waals surface area contributed by atoms with Gasteiger partial charge in [0.15, 0.2) is 0 Å². The van der Waals surface area contributed by atoms with Crippen molar-refractivity contribution in [3.8, 4) is 0 Å². The molecule has 0 bridgehead atoms. The van der Waals surface area contributed by atoms with Crippen LogP contribution in [-0.4, -0.2) is 23.7 Å². The summed E-state index contributed by atoms with van der Waals surface area (Å²) in [6, 6.07) is 8.94. The Hall–Kier alpha value is -1.39. The van der Waals surface area contributed by atoms with Gasteiger partial charge < -0.3 is 10.8 Å². The van der Waals surface area contributed by atoms with E-state index in [9.17, 15) is 4.79 Å². The van der Waals surface area contributed by atoms with Gasteiger partial charge in [-0.25, -0.2) is 0 Å². The van der Waals surface area contributed by atoms with Crippen molar-refractivity contribution in [2.75, 3.05) is 6.61 Å². The smallest absolute Gasteiger partial charge is 0.236 e. The van der Waals surface area contributed by atoms with Crippen LogP contribution in [0.15, 0.2) is 30.3 Å². The number of aliphatic hydroxyl groups is 1. The van der Waals surface area contributed by atoms with Crippen molar-refractivity contribution >= 4 is 5.91 Å². The highest BCUT2D eigenvalue weighted by Gasteiger charge is 2.12. The second kappa shape index (κ2) is 5.36. The monoisotopic (exact) mass is 194 g/mol. The number of hydrogen-bond acceptors (Lipinski definition) is 3. The van der Waals surface area contributed by atoms with Crippen LogP contribution in [0, 0.1) is 0 Å². The van der Waals surface area contributed by atoms with Gasteiger partial charge in [-0.3, -0.25) is 10.1 Å². The summed E-state index contributed by atoms with van der Waals surface area (Å²) in [5.74, 6) is -0.538. The number of amides is 1. The first-order chi connectivity index (χ1) is 6.74. The lowest BCUT2D eigenvalue weighted by Crippen LogP contribution is -2.43. The lowest BCUT2D eigenvalue weighted by Gasteiger charge is -2.11. The molecule has 0 radical (unpaired) electrons. The minimum Gasteiger partial charge on any atom is -0.394 e. The van der Waals surface area contributed by atoms with Crippen molar-refractivity contribution in [3.63, 3.8) is 0 Å². The quantitative estimate of drug-likeness (QED) is 0.598. The van der Waals surface area contributed by atoms with Crippen LogP contribution in [0.1, 0.15) is 5.56 Å². The minimum absolute atomic E-state index is 0.276. The molecule has 0 saturated carbocycles. The minimum atomic E-state index is -0.671. The van der Waals surface area contributed by atoms with Crippen molar-refractivity contribution in [1.82, 2.24) is 5.32 Å². The van der Waals surface area contributed by atoms with Gasteiger partial charge in [0.1, 0.15) is 6.04 Å². The van der Waals surface area contributed by atoms with Gasteiger partial charge in [0.25, 0.3) is 0 Å². The van der Waals surface area contributed by atoms with Crippen LogP contribution < -0.4 is 11.1 Å². The van der Waals surface area contributed by atoms with E-state index in [0.717, 1.165) is 5.56 Å². The van der Waals surface area contributed by atoms with Gasteiger partial charge in [-0.05, 0) is 5.56 Å². The molecule has 0 aliphatic rings. The zero-order valence-corrected chi connectivity index (χ0v) is 7.81. The Kier molecular flexibility index (Phi) is 4.10. The number of carbonyl (C=O) groups is 1. The van der Waals surface area contributed by atoms with Gasteiger partial charge in [-0.15, -0.1) is 0 Å². The maximum atomic E-state index is 10.8. The lowest BCUT2D eigenvalue weighted by molar-refractivity contribution is -0.120. The average molecular weight is 194 g/mol. The van der Waals surface area contributed by atoms with E-state index in [1.54, 1.807) is 0 Å². The molecule has 1 aromatic carbocycles. The van der Waals surface area contributed by atoms with E-state index >= 15 is 0 Å². The van der Waals surface area contributed by atoms with Crippen LogP contribution in [0.25, 0.3) is 0 Å². The predicted octanol–water partition coefficient (Wildman–Crippen LogP) is -0.378. The summed E-state index contributed by atoms with van der Waals surface area (Å²) >= 11 is 0. The molecular formula is C10H14N2O2. The summed E-state index contributed by atoms with van der Waals surface area (Å²) in [6.07, 6.45) is 0. The molecule has 0 spiro atoms. The Morgan fingerprint density at radius 2 is 2.07 bits per heavy atom. The van der Waals surface area contributed by atoms with Gasteiger partial charge >= 0.3 is 0 Å². The molecule has 0 unspecified atom stereocenters. The molecule has 0 fully saturated rings. The Bertz CT molecular complexity index is 287. The maximum absolute atomic E-state index is 10.8. The summed E-state index contributed by atoms with van der Waals surface area (Å²) in [5.41, 5.74) is 6.10. The van der Waals surface area contributed by atoms with Crippen LogP contribution in [0.3, 0.4) is 0 Å². The van der Waals surface area contributed by atoms with Gasteiger partial charge in [0, 0.05) is 6.54 Å². The van der Waals surface area contributed by atoms with Crippen molar-refractivity contribution < 1.29 is 9.90 Å². The number of hydrogen-bond donors (Lipinski definition) is 3. The van der Waals surface area contributed by atoms with E-state index in [-0.39, 0.29) is 6.61 Å². The first-order valence-corrected chi connectivity index (χ1v) is 4.41. The molecule has 4 heteroatoms. The fourth-order valence-corrected chi connectivity index (χ4v) is 1.09. The molecule has 0 aliphatic heterocycles. The molecule has 0 aliphatic carbocycles. The van der Waals surface area contributed by atoms with Crippen LogP contribution in [0.4, 0.5) is 0 Å². The summed E-state index contributed by atoms with van der Waals surface area (Å²) in [5, 5.41) is 11.7. The van der Waals surface area contributed by atoms with Gasteiger partial charge in [0.2, 0.25) is 5.91 Å². The van der Waals surface area contributed by atoms with E-state index in [4.69, 9.17) is 10.8 Å². The Balaban J connectivity index is 2.44. The van der Waals surface area contributed by atoms with Gasteiger partial charge in [-0.1, -0.05) is 30.3 Å². The first kappa shape index (κ1) is 10.7. The number of aliphatic hydroxyl groups excluding tert-OH is 1. The molecule has 14 heavy (non-hydrogen) atoms. The molecule has 1 atom stereocenters. The van der Waals surface area contributed by atoms with Gasteiger partial charge in [-0.2, -0.15) is 0 Å². The Morgan fingerprint density at radius 1 is 1.43 bits per heavy atom. The predicted molar refractivity (Wildman–Crippen MR) is 53.3 cm³/mol. The summed E-state index contributed by atoms with van der Waals surface area (Å²) < 4.78 is 0. The van der Waals surface area contributed by atoms with Crippen molar-refractivity contribution in [1.29, 1.82) is 0 Å². The van der Waals surface area contributed by atoms with E-state index in [2.05, 4.69) is 5.32 Å². The molecule has 1 amide bonds. The van der Waals surface area contributed by atoms with E-state index in [1.807, 2.05) is 30.3 Å². The molecule has 4 N–H and O–H groups in total. The molecular weight excluding hydrogens is 180 g/mol. The van der Waals surface area contributed by atoms with Gasteiger partial charge in [0.05, 0.1) is 6.61 Å². The van der Waals surface area contributed by atoms with Crippen LogP contribution in [-0.2, 0) is 11.3 Å². The Morgan fingerprint density at radius 3 is 2.57 bits per heavy atom. The molecule has 0 heterocycles. The second-order valence-electron chi connectivity index (χ2n) is 3.00. The summed E-state index contributed by atoms with van der Waals surface area (Å²) in [4.78, 5) is 10.8. The normalized spacial score (nSPS) is 12.4. The fourth-order valence-electron chi connectivity index (χ4n) is 1.09. The topological polar surface area (TPSA) is 75.4 Å². The highest BCUT2D eigenvalue weighted by atomic mass is 16.3. The van der Waals surface area contributed by atoms with Crippen molar-refractivity contribution in [3.05, 3.63) is 35.9 Å². The third-order valence-corrected chi connectivity index (χ3v) is 1.92. The fraction of sp³-hybridized carbons (Fsp3) is 0.300. The van der Waals surface area contributed by atoms with E-state index < -0.39 is 11.9 Å². The molecule has 1 rings (SSSR count). The largest absolute Gasteiger partial charge is 0.394 e. The SMILES string of the molecule is NC(=O)[C@H](CO)NCc1ccccc1. The van der Waals surface area contributed by atoms with Crippen LogP contribution in [0.5, 0.6) is 0 Å². The summed E-state index contributed by atoms with van der Waals surface area (Å²) in [6.45, 7) is 0.247. The third kappa shape index (κ3) is 3.16. The highest BCUT2D eigenvalue weighted by molar-refractivity contribution is 5.79. The number of carbonyl (C=O) groups excluding carboxylic acids is 1. The molecule has 0 saturated heterocycles. The maximum Gasteiger partial charge on any atom is 0.236 e. The standard InChI is InChI=1S/C10H14N2O2/c11-10(14)9(7-13)12-6-8-4-2-1-3-5-8/h1-5,9,12-13H,6-7H2,(H2,11,14)/t9-/m0/s1. The molecule has 76 valence electrons. The second-order valence-corrected chi connectivity index (χ2v) is 3.00. The van der Waals surface area contributed by atoms with E-state index in [1.165, 1.54) is 0 Å². The number of nitrogens with one attached hydrogen (secondary N) is 1. The first-order valence-electron chi connectivity index (χ1n) is 4.41. The molecule has 0 aromatic heterocycles. The number of benzene rings is 1. The molecule has 4 nitrogen and oxygen atoms in total. The molecule has 1 aromatic rings. The number of rotatable bonds is 5. The number of primary amides is 1. The lowest BCUT2D eigenvalue weighted by atomic mass is 10.2. The Labute approximate surface area is 82.7 Å². The van der Waals surface area contributed by atoms with E-state index in [0.29, 0.717) is 6.54 Å². The average Bonchev–Trinajstić information content (AvgIpc) is 2.20. The van der Waals surface area contributed by atoms with Crippen molar-refractivity contribution in [2.24, 2.45) is 5.73 Å². The highest BCUT2D eigenvalue weighted by Crippen LogP contribution is 1.97. The zero-order valence-electron chi connectivity index (χ0n) is 7.81. The van der Waals surface area contributed by atoms with Crippen LogP contribution in [0.2, 0.25) is 0 Å². The van der Waals surface area contributed by atoms with Crippen LogP contribution >= 0.6 is 0 Å².